The number of unbranched alkanes of at least 4 members (excludes halogenated alkanes) is 1. The average molecular weight is 436 g/mol. The summed E-state index contributed by atoms with van der Waals surface area (Å²) < 4.78 is 11.1. The van der Waals surface area contributed by atoms with E-state index in [1.54, 1.807) is 18.9 Å². The predicted molar refractivity (Wildman–Crippen MR) is 123 cm³/mol. The summed E-state index contributed by atoms with van der Waals surface area (Å²) in [6.07, 6.45) is 8.71. The number of oxime groups is 1. The van der Waals surface area contributed by atoms with Gasteiger partial charge in [0.1, 0.15) is 7.11 Å². The SMILES string of the molecule is CCCCC(CC)COC(=O)CCSc1cccc(C2(C=NOC)CCOCC2)c1. The third kappa shape index (κ3) is 7.95. The van der Waals surface area contributed by atoms with E-state index in [4.69, 9.17) is 14.3 Å². The molecule has 1 fully saturated rings. The molecule has 1 aromatic carbocycles. The van der Waals surface area contributed by atoms with Gasteiger partial charge < -0.3 is 14.3 Å². The van der Waals surface area contributed by atoms with Gasteiger partial charge in [0.2, 0.25) is 0 Å². The molecule has 1 saturated heterocycles. The Morgan fingerprint density at radius 2 is 2.13 bits per heavy atom. The second-order valence-electron chi connectivity index (χ2n) is 7.91. The second-order valence-corrected chi connectivity index (χ2v) is 9.08. The van der Waals surface area contributed by atoms with E-state index in [2.05, 4.69) is 43.3 Å². The predicted octanol–water partition coefficient (Wildman–Crippen LogP) is 5.61. The zero-order valence-corrected chi connectivity index (χ0v) is 19.5. The molecule has 0 bridgehead atoms. The maximum Gasteiger partial charge on any atom is 0.306 e. The lowest BCUT2D eigenvalue weighted by atomic mass is 9.75. The van der Waals surface area contributed by atoms with Gasteiger partial charge in [-0.3, -0.25) is 4.79 Å². The van der Waals surface area contributed by atoms with Gasteiger partial charge in [-0.05, 0) is 42.9 Å². The van der Waals surface area contributed by atoms with Gasteiger partial charge in [0.05, 0.1) is 19.2 Å². The van der Waals surface area contributed by atoms with Crippen LogP contribution in [-0.4, -0.2) is 44.9 Å². The number of benzene rings is 1. The number of hydrogen-bond donors (Lipinski definition) is 0. The highest BCUT2D eigenvalue weighted by atomic mass is 32.2. The van der Waals surface area contributed by atoms with Crippen LogP contribution in [0.2, 0.25) is 0 Å². The summed E-state index contributed by atoms with van der Waals surface area (Å²) in [5, 5.41) is 4.07. The standard InChI is InChI=1S/C24H37NO4S/c1-4-6-8-20(5-2)18-29-23(26)11-16-30-22-10-7-9-21(17-22)24(19-25-27-3)12-14-28-15-13-24/h7,9-10,17,19-20H,4-6,8,11-16,18H2,1-3H3. The van der Waals surface area contributed by atoms with E-state index >= 15 is 0 Å². The Labute approximate surface area is 185 Å². The van der Waals surface area contributed by atoms with Gasteiger partial charge in [0, 0.05) is 29.3 Å². The highest BCUT2D eigenvalue weighted by Gasteiger charge is 2.33. The second kappa shape index (κ2) is 13.7. The van der Waals surface area contributed by atoms with Crippen LogP contribution in [0.3, 0.4) is 0 Å². The smallest absolute Gasteiger partial charge is 0.306 e. The molecule has 168 valence electrons. The lowest BCUT2D eigenvalue weighted by molar-refractivity contribution is -0.144. The van der Waals surface area contributed by atoms with Crippen LogP contribution in [0.4, 0.5) is 0 Å². The number of esters is 1. The first kappa shape index (κ1) is 24.7. The first-order chi connectivity index (χ1) is 14.6. The fraction of sp³-hybridized carbons (Fsp3) is 0.667. The van der Waals surface area contributed by atoms with E-state index in [9.17, 15) is 4.79 Å². The largest absolute Gasteiger partial charge is 0.465 e. The first-order valence-electron chi connectivity index (χ1n) is 11.2. The van der Waals surface area contributed by atoms with Gasteiger partial charge in [-0.1, -0.05) is 50.4 Å². The Morgan fingerprint density at radius 1 is 1.33 bits per heavy atom. The van der Waals surface area contributed by atoms with E-state index in [0.717, 1.165) is 49.5 Å². The fourth-order valence-corrected chi connectivity index (χ4v) is 4.60. The summed E-state index contributed by atoms with van der Waals surface area (Å²) in [5.41, 5.74) is 1.07. The summed E-state index contributed by atoms with van der Waals surface area (Å²) in [5.74, 6) is 1.11. The minimum Gasteiger partial charge on any atom is -0.465 e. The lowest BCUT2D eigenvalue weighted by Gasteiger charge is -2.34. The van der Waals surface area contributed by atoms with Crippen molar-refractivity contribution >= 4 is 23.9 Å². The molecule has 1 aromatic rings. The van der Waals surface area contributed by atoms with Crippen molar-refractivity contribution in [3.8, 4) is 0 Å². The average Bonchev–Trinajstić information content (AvgIpc) is 2.78. The molecule has 1 heterocycles. The van der Waals surface area contributed by atoms with Crippen molar-refractivity contribution in [1.29, 1.82) is 0 Å². The van der Waals surface area contributed by atoms with E-state index in [-0.39, 0.29) is 11.4 Å². The Kier molecular flexibility index (Phi) is 11.3. The molecule has 6 heteroatoms. The van der Waals surface area contributed by atoms with Gasteiger partial charge in [-0.25, -0.2) is 0 Å². The van der Waals surface area contributed by atoms with Gasteiger partial charge in [0.25, 0.3) is 0 Å². The van der Waals surface area contributed by atoms with Crippen molar-refractivity contribution in [1.82, 2.24) is 0 Å². The zero-order valence-electron chi connectivity index (χ0n) is 18.7. The van der Waals surface area contributed by atoms with Crippen LogP contribution in [0, 0.1) is 5.92 Å². The molecular weight excluding hydrogens is 398 g/mol. The van der Waals surface area contributed by atoms with Crippen LogP contribution in [0.15, 0.2) is 34.3 Å². The van der Waals surface area contributed by atoms with Crippen molar-refractivity contribution in [3.63, 3.8) is 0 Å². The number of rotatable bonds is 13. The molecular formula is C24H37NO4S. The monoisotopic (exact) mass is 435 g/mol. The molecule has 0 amide bonds. The summed E-state index contributed by atoms with van der Waals surface area (Å²) in [6.45, 7) is 6.35. The minimum absolute atomic E-state index is 0.0956. The molecule has 0 aromatic heterocycles. The molecule has 0 spiro atoms. The summed E-state index contributed by atoms with van der Waals surface area (Å²) >= 11 is 1.70. The highest BCUT2D eigenvalue weighted by Crippen LogP contribution is 2.35. The van der Waals surface area contributed by atoms with Gasteiger partial charge in [-0.15, -0.1) is 11.8 Å². The van der Waals surface area contributed by atoms with Crippen LogP contribution in [0.25, 0.3) is 0 Å². The molecule has 0 N–H and O–H groups in total. The molecule has 1 unspecified atom stereocenters. The lowest BCUT2D eigenvalue weighted by Crippen LogP contribution is -2.35. The third-order valence-electron chi connectivity index (χ3n) is 5.80. The molecule has 0 radical (unpaired) electrons. The molecule has 0 saturated carbocycles. The van der Waals surface area contributed by atoms with Gasteiger partial charge in [-0.2, -0.15) is 0 Å². The van der Waals surface area contributed by atoms with Gasteiger partial charge >= 0.3 is 5.97 Å². The molecule has 1 aliphatic rings. The van der Waals surface area contributed by atoms with Crippen LogP contribution in [0.5, 0.6) is 0 Å². The van der Waals surface area contributed by atoms with Crippen molar-refractivity contribution in [2.45, 2.75) is 69.1 Å². The van der Waals surface area contributed by atoms with Crippen LogP contribution >= 0.6 is 11.8 Å². The van der Waals surface area contributed by atoms with Crippen LogP contribution < -0.4 is 0 Å². The summed E-state index contributed by atoms with van der Waals surface area (Å²) in [7, 11) is 1.57. The minimum atomic E-state index is -0.155. The maximum absolute atomic E-state index is 12.1. The number of hydrogen-bond acceptors (Lipinski definition) is 6. The molecule has 30 heavy (non-hydrogen) atoms. The number of thioether (sulfide) groups is 1. The molecule has 0 aliphatic carbocycles. The van der Waals surface area contributed by atoms with E-state index in [0.29, 0.717) is 18.9 Å². The van der Waals surface area contributed by atoms with E-state index in [1.165, 1.54) is 18.4 Å². The van der Waals surface area contributed by atoms with Crippen LogP contribution in [-0.2, 0) is 24.5 Å². The number of carbonyl (C=O) groups excluding carboxylic acids is 1. The number of nitrogens with zero attached hydrogens (tertiary/aromatic N) is 1. The number of ether oxygens (including phenoxy) is 2. The quantitative estimate of drug-likeness (QED) is 0.174. The Bertz CT molecular complexity index is 658. The maximum atomic E-state index is 12.1. The topological polar surface area (TPSA) is 57.1 Å². The zero-order chi connectivity index (χ0) is 21.7. The molecule has 1 atom stereocenters. The molecule has 5 nitrogen and oxygen atoms in total. The molecule has 2 rings (SSSR count). The van der Waals surface area contributed by atoms with Crippen LogP contribution in [0.1, 0.15) is 64.4 Å². The fourth-order valence-electron chi connectivity index (χ4n) is 3.71. The van der Waals surface area contributed by atoms with Crippen molar-refractivity contribution in [2.75, 3.05) is 32.7 Å². The molecule has 1 aliphatic heterocycles. The van der Waals surface area contributed by atoms with Crippen molar-refractivity contribution < 1.29 is 19.1 Å². The van der Waals surface area contributed by atoms with Crippen molar-refractivity contribution in [3.05, 3.63) is 29.8 Å². The Hall–Kier alpha value is -1.53. The Morgan fingerprint density at radius 3 is 2.83 bits per heavy atom. The van der Waals surface area contributed by atoms with E-state index < -0.39 is 0 Å². The summed E-state index contributed by atoms with van der Waals surface area (Å²) in [4.78, 5) is 18.2. The normalized spacial score (nSPS) is 17.0. The number of carbonyl (C=O) groups is 1. The highest BCUT2D eigenvalue weighted by molar-refractivity contribution is 7.99. The Balaban J connectivity index is 1.86. The first-order valence-corrected chi connectivity index (χ1v) is 12.2. The van der Waals surface area contributed by atoms with Gasteiger partial charge in [0.15, 0.2) is 0 Å². The third-order valence-corrected chi connectivity index (χ3v) is 6.79. The van der Waals surface area contributed by atoms with Crippen molar-refractivity contribution in [2.24, 2.45) is 11.1 Å². The van der Waals surface area contributed by atoms with E-state index in [1.807, 2.05) is 6.21 Å². The summed E-state index contributed by atoms with van der Waals surface area (Å²) in [6, 6.07) is 8.53.